The fourth-order valence-electron chi connectivity index (χ4n) is 1.38. The predicted octanol–water partition coefficient (Wildman–Crippen LogP) is 2.71. The van der Waals surface area contributed by atoms with Crippen LogP contribution < -0.4 is 10.5 Å². The van der Waals surface area contributed by atoms with Gasteiger partial charge in [-0.3, -0.25) is 0 Å². The summed E-state index contributed by atoms with van der Waals surface area (Å²) in [5.41, 5.74) is 6.39. The van der Waals surface area contributed by atoms with Gasteiger partial charge >= 0.3 is 6.61 Å². The van der Waals surface area contributed by atoms with Crippen LogP contribution in [0.25, 0.3) is 0 Å². The zero-order valence-corrected chi connectivity index (χ0v) is 9.90. The maximum Gasteiger partial charge on any atom is 0.387 e. The third kappa shape index (κ3) is 4.66. The highest BCUT2D eigenvalue weighted by atomic mass is 19.3. The number of nitrogens with two attached hydrogens (primary N) is 1. The van der Waals surface area contributed by atoms with E-state index in [0.717, 1.165) is 0 Å². The van der Waals surface area contributed by atoms with Gasteiger partial charge in [0.2, 0.25) is 0 Å². The molecule has 0 saturated carbocycles. The average molecular weight is 245 g/mol. The summed E-state index contributed by atoms with van der Waals surface area (Å²) in [6.45, 7) is 1.18. The second-order valence-electron chi connectivity index (χ2n) is 3.90. The third-order valence-corrected chi connectivity index (χ3v) is 2.14. The molecule has 0 heterocycles. The van der Waals surface area contributed by atoms with Crippen LogP contribution in [0, 0.1) is 0 Å². The molecule has 1 aromatic rings. The van der Waals surface area contributed by atoms with E-state index in [1.807, 2.05) is 13.8 Å². The van der Waals surface area contributed by atoms with Gasteiger partial charge in [-0.05, 0) is 19.9 Å². The lowest BCUT2D eigenvalue weighted by molar-refractivity contribution is -0.0510. The maximum atomic E-state index is 12.2. The Morgan fingerprint density at radius 1 is 1.24 bits per heavy atom. The zero-order valence-electron chi connectivity index (χ0n) is 9.90. The van der Waals surface area contributed by atoms with Crippen LogP contribution in [0.3, 0.4) is 0 Å². The SMILES string of the molecule is CC(C)OCC(N)c1ccccc1OC(F)F. The summed E-state index contributed by atoms with van der Waals surface area (Å²) in [5, 5.41) is 0. The Bertz CT molecular complexity index is 345. The van der Waals surface area contributed by atoms with E-state index in [-0.39, 0.29) is 18.5 Å². The van der Waals surface area contributed by atoms with E-state index < -0.39 is 12.7 Å². The minimum Gasteiger partial charge on any atom is -0.434 e. The summed E-state index contributed by atoms with van der Waals surface area (Å²) in [4.78, 5) is 0. The summed E-state index contributed by atoms with van der Waals surface area (Å²) in [7, 11) is 0. The molecule has 0 amide bonds. The molecule has 1 rings (SSSR count). The molecule has 0 radical (unpaired) electrons. The number of hydrogen-bond acceptors (Lipinski definition) is 3. The third-order valence-electron chi connectivity index (χ3n) is 2.14. The van der Waals surface area contributed by atoms with Crippen molar-refractivity contribution in [1.82, 2.24) is 0 Å². The van der Waals surface area contributed by atoms with Crippen LogP contribution in [0.2, 0.25) is 0 Å². The highest BCUT2D eigenvalue weighted by Crippen LogP contribution is 2.25. The van der Waals surface area contributed by atoms with E-state index in [2.05, 4.69) is 4.74 Å². The Labute approximate surface area is 99.5 Å². The molecule has 0 fully saturated rings. The fourth-order valence-corrected chi connectivity index (χ4v) is 1.38. The number of hydrogen-bond donors (Lipinski definition) is 1. The maximum absolute atomic E-state index is 12.2. The Hall–Kier alpha value is -1.20. The van der Waals surface area contributed by atoms with E-state index in [9.17, 15) is 8.78 Å². The van der Waals surface area contributed by atoms with Crippen molar-refractivity contribution in [3.05, 3.63) is 29.8 Å². The summed E-state index contributed by atoms with van der Waals surface area (Å²) < 4.78 is 34.1. The smallest absolute Gasteiger partial charge is 0.387 e. The molecule has 0 aliphatic heterocycles. The van der Waals surface area contributed by atoms with Crippen LogP contribution in [0.15, 0.2) is 24.3 Å². The number of rotatable bonds is 6. The van der Waals surface area contributed by atoms with Crippen molar-refractivity contribution in [2.75, 3.05) is 6.61 Å². The van der Waals surface area contributed by atoms with Gasteiger partial charge in [-0.2, -0.15) is 8.78 Å². The minimum atomic E-state index is -2.85. The van der Waals surface area contributed by atoms with Crippen LogP contribution in [-0.2, 0) is 4.74 Å². The molecule has 0 aliphatic rings. The van der Waals surface area contributed by atoms with Gasteiger partial charge in [0.15, 0.2) is 0 Å². The fraction of sp³-hybridized carbons (Fsp3) is 0.500. The van der Waals surface area contributed by atoms with Crippen molar-refractivity contribution < 1.29 is 18.3 Å². The molecule has 0 bridgehead atoms. The summed E-state index contributed by atoms with van der Waals surface area (Å²) in [6, 6.07) is 6.00. The molecule has 1 atom stereocenters. The molecule has 2 N–H and O–H groups in total. The molecule has 3 nitrogen and oxygen atoms in total. The van der Waals surface area contributed by atoms with Gasteiger partial charge in [-0.1, -0.05) is 18.2 Å². The van der Waals surface area contributed by atoms with Gasteiger partial charge in [0.05, 0.1) is 18.8 Å². The van der Waals surface area contributed by atoms with Gasteiger partial charge < -0.3 is 15.2 Å². The summed E-state index contributed by atoms with van der Waals surface area (Å²) in [6.07, 6.45) is 0.0456. The summed E-state index contributed by atoms with van der Waals surface area (Å²) in [5.74, 6) is 0.0994. The first-order valence-electron chi connectivity index (χ1n) is 5.41. The van der Waals surface area contributed by atoms with E-state index >= 15 is 0 Å². The van der Waals surface area contributed by atoms with E-state index in [1.54, 1.807) is 18.2 Å². The minimum absolute atomic E-state index is 0.0456. The van der Waals surface area contributed by atoms with Crippen LogP contribution in [0.5, 0.6) is 5.75 Å². The largest absolute Gasteiger partial charge is 0.434 e. The lowest BCUT2D eigenvalue weighted by Crippen LogP contribution is -2.20. The average Bonchev–Trinajstić information content (AvgIpc) is 2.25. The number of benzene rings is 1. The first kappa shape index (κ1) is 13.9. The van der Waals surface area contributed by atoms with Gasteiger partial charge in [0.25, 0.3) is 0 Å². The molecule has 0 saturated heterocycles. The predicted molar refractivity (Wildman–Crippen MR) is 61.1 cm³/mol. The zero-order chi connectivity index (χ0) is 12.8. The number of ether oxygens (including phenoxy) is 2. The molecule has 5 heteroatoms. The van der Waals surface area contributed by atoms with Crippen molar-refractivity contribution in [2.45, 2.75) is 32.6 Å². The van der Waals surface area contributed by atoms with Crippen molar-refractivity contribution in [1.29, 1.82) is 0 Å². The molecular weight excluding hydrogens is 228 g/mol. The van der Waals surface area contributed by atoms with Crippen LogP contribution in [0.1, 0.15) is 25.5 Å². The van der Waals surface area contributed by atoms with Gasteiger partial charge in [-0.15, -0.1) is 0 Å². The monoisotopic (exact) mass is 245 g/mol. The quantitative estimate of drug-likeness (QED) is 0.838. The van der Waals surface area contributed by atoms with Crippen LogP contribution >= 0.6 is 0 Å². The van der Waals surface area contributed by atoms with Gasteiger partial charge in [0.1, 0.15) is 5.75 Å². The van der Waals surface area contributed by atoms with Gasteiger partial charge in [-0.25, -0.2) is 0 Å². The van der Waals surface area contributed by atoms with Crippen molar-refractivity contribution in [3.8, 4) is 5.75 Å². The Morgan fingerprint density at radius 3 is 2.47 bits per heavy atom. The number of halogens is 2. The van der Waals surface area contributed by atoms with E-state index in [4.69, 9.17) is 10.5 Å². The normalized spacial score (nSPS) is 13.1. The Kier molecular flexibility index (Phi) is 5.31. The second kappa shape index (κ2) is 6.51. The Balaban J connectivity index is 2.74. The standard InChI is InChI=1S/C12H17F2NO2/c1-8(2)16-7-10(15)9-5-3-4-6-11(9)17-12(13)14/h3-6,8,10,12H,7,15H2,1-2H3. The number of para-hydroxylation sites is 1. The second-order valence-corrected chi connectivity index (χ2v) is 3.90. The number of alkyl halides is 2. The van der Waals surface area contributed by atoms with Crippen LogP contribution in [0.4, 0.5) is 8.78 Å². The molecule has 96 valence electrons. The van der Waals surface area contributed by atoms with Crippen LogP contribution in [-0.4, -0.2) is 19.3 Å². The summed E-state index contributed by atoms with van der Waals surface area (Å²) >= 11 is 0. The van der Waals surface area contributed by atoms with Crippen molar-refractivity contribution in [3.63, 3.8) is 0 Å². The topological polar surface area (TPSA) is 44.5 Å². The lowest BCUT2D eigenvalue weighted by atomic mass is 10.1. The first-order valence-corrected chi connectivity index (χ1v) is 5.41. The molecular formula is C12H17F2NO2. The molecule has 1 aromatic carbocycles. The molecule has 0 aliphatic carbocycles. The molecule has 0 aromatic heterocycles. The highest BCUT2D eigenvalue weighted by molar-refractivity contribution is 5.35. The van der Waals surface area contributed by atoms with Crippen molar-refractivity contribution in [2.24, 2.45) is 5.73 Å². The van der Waals surface area contributed by atoms with E-state index in [0.29, 0.717) is 5.56 Å². The molecule has 17 heavy (non-hydrogen) atoms. The first-order chi connectivity index (χ1) is 8.00. The molecule has 0 spiro atoms. The van der Waals surface area contributed by atoms with Gasteiger partial charge in [0, 0.05) is 5.56 Å². The Morgan fingerprint density at radius 2 is 1.88 bits per heavy atom. The molecule has 1 unspecified atom stereocenters. The lowest BCUT2D eigenvalue weighted by Gasteiger charge is -2.17. The van der Waals surface area contributed by atoms with Crippen molar-refractivity contribution >= 4 is 0 Å². The van der Waals surface area contributed by atoms with E-state index in [1.165, 1.54) is 6.07 Å². The highest BCUT2D eigenvalue weighted by Gasteiger charge is 2.15.